The minimum absolute atomic E-state index is 0.0425. The Morgan fingerprint density at radius 2 is 1.35 bits per heavy atom. The first kappa shape index (κ1) is 23.3. The van der Waals surface area contributed by atoms with Crippen molar-refractivity contribution in [3.8, 4) is 33.8 Å². The topological polar surface area (TPSA) is 38.7 Å². The average molecular weight is 477 g/mol. The number of benzene rings is 2. The van der Waals surface area contributed by atoms with Gasteiger partial charge in [-0.25, -0.2) is 14.4 Å². The largest absolute Gasteiger partial charge is 0.433 e. The molecule has 2 aromatic heterocycles. The van der Waals surface area contributed by atoms with Gasteiger partial charge in [0.05, 0.1) is 5.69 Å². The minimum Gasteiger partial charge on any atom is -0.251 e. The van der Waals surface area contributed by atoms with E-state index in [1.54, 1.807) is 25.1 Å². The highest BCUT2D eigenvalue weighted by Gasteiger charge is 2.35. The Kier molecular flexibility index (Phi) is 5.84. The fourth-order valence-electron chi connectivity index (χ4n) is 3.32. The van der Waals surface area contributed by atoms with E-state index in [4.69, 9.17) is 0 Å². The van der Waals surface area contributed by atoms with Gasteiger partial charge in [0.1, 0.15) is 17.2 Å². The van der Waals surface area contributed by atoms with Gasteiger partial charge in [-0.3, -0.25) is 4.98 Å². The zero-order valence-electron chi connectivity index (χ0n) is 17.3. The van der Waals surface area contributed by atoms with Gasteiger partial charge >= 0.3 is 12.4 Å². The van der Waals surface area contributed by atoms with Crippen molar-refractivity contribution in [1.29, 1.82) is 0 Å². The molecular formula is C24H14F7N3. The molecule has 0 amide bonds. The zero-order valence-corrected chi connectivity index (χ0v) is 17.3. The van der Waals surface area contributed by atoms with E-state index in [9.17, 15) is 30.7 Å². The molecule has 4 aromatic rings. The second-order valence-electron chi connectivity index (χ2n) is 7.49. The molecule has 0 atom stereocenters. The van der Waals surface area contributed by atoms with E-state index in [0.717, 1.165) is 12.3 Å². The standard InChI is InChI=1S/C24H14F7N3/c1-13-7-17(10-18(25)8-13)14-3-2-4-15(9-14)22-33-19(11-21(34-22)24(29,30)31)16-5-6-20(32-12-16)23(26,27)28/h2-12H,1H3. The van der Waals surface area contributed by atoms with Gasteiger partial charge < -0.3 is 0 Å². The molecule has 2 heterocycles. The molecule has 0 bridgehead atoms. The molecule has 0 saturated carbocycles. The van der Waals surface area contributed by atoms with E-state index in [2.05, 4.69) is 15.0 Å². The van der Waals surface area contributed by atoms with Crippen molar-refractivity contribution in [3.63, 3.8) is 0 Å². The molecule has 0 spiro atoms. The molecule has 0 aliphatic heterocycles. The zero-order chi connectivity index (χ0) is 24.7. The number of aromatic nitrogens is 3. The summed E-state index contributed by atoms with van der Waals surface area (Å²) >= 11 is 0. The van der Waals surface area contributed by atoms with Gasteiger partial charge in [-0.15, -0.1) is 0 Å². The van der Waals surface area contributed by atoms with Crippen molar-refractivity contribution >= 4 is 0 Å². The fourth-order valence-corrected chi connectivity index (χ4v) is 3.32. The highest BCUT2D eigenvalue weighted by molar-refractivity contribution is 5.72. The summed E-state index contributed by atoms with van der Waals surface area (Å²) in [5.41, 5.74) is -0.819. The van der Waals surface area contributed by atoms with Crippen LogP contribution in [0.2, 0.25) is 0 Å². The van der Waals surface area contributed by atoms with Crippen LogP contribution in [0.1, 0.15) is 17.0 Å². The lowest BCUT2D eigenvalue weighted by molar-refractivity contribution is -0.141. The Bertz CT molecular complexity index is 1320. The number of hydrogen-bond donors (Lipinski definition) is 0. The maximum atomic E-state index is 13.8. The number of halogens is 7. The third-order valence-corrected chi connectivity index (χ3v) is 4.86. The van der Waals surface area contributed by atoms with Gasteiger partial charge in [0.2, 0.25) is 0 Å². The molecule has 34 heavy (non-hydrogen) atoms. The molecule has 174 valence electrons. The van der Waals surface area contributed by atoms with E-state index in [0.29, 0.717) is 28.8 Å². The van der Waals surface area contributed by atoms with Crippen molar-refractivity contribution in [2.24, 2.45) is 0 Å². The van der Waals surface area contributed by atoms with Crippen LogP contribution < -0.4 is 0 Å². The Balaban J connectivity index is 1.83. The third kappa shape index (κ3) is 5.05. The predicted octanol–water partition coefficient (Wildman–Crippen LogP) is 7.36. The SMILES string of the molecule is Cc1cc(F)cc(-c2cccc(-c3nc(-c4ccc(C(F)(F)F)nc4)cc(C(F)(F)F)n3)c2)c1. The summed E-state index contributed by atoms with van der Waals surface area (Å²) in [7, 11) is 0. The van der Waals surface area contributed by atoms with Crippen LogP contribution in [0.4, 0.5) is 30.7 Å². The van der Waals surface area contributed by atoms with Crippen molar-refractivity contribution in [3.05, 3.63) is 89.6 Å². The second-order valence-corrected chi connectivity index (χ2v) is 7.49. The van der Waals surface area contributed by atoms with Crippen molar-refractivity contribution in [2.45, 2.75) is 19.3 Å². The number of aryl methyl sites for hydroxylation is 1. The van der Waals surface area contributed by atoms with Crippen LogP contribution in [0.3, 0.4) is 0 Å². The van der Waals surface area contributed by atoms with Crippen LogP contribution in [-0.4, -0.2) is 15.0 Å². The van der Waals surface area contributed by atoms with E-state index in [1.165, 1.54) is 24.3 Å². The first-order valence-corrected chi connectivity index (χ1v) is 9.78. The maximum absolute atomic E-state index is 13.8. The van der Waals surface area contributed by atoms with Crippen LogP contribution in [0.15, 0.2) is 66.9 Å². The van der Waals surface area contributed by atoms with Gasteiger partial charge in [-0.2, -0.15) is 26.3 Å². The number of rotatable bonds is 3. The summed E-state index contributed by atoms with van der Waals surface area (Å²) in [5.74, 6) is -0.757. The highest BCUT2D eigenvalue weighted by atomic mass is 19.4. The summed E-state index contributed by atoms with van der Waals surface area (Å²) in [6, 6.07) is 12.9. The van der Waals surface area contributed by atoms with E-state index in [1.807, 2.05) is 0 Å². The number of alkyl halides is 6. The maximum Gasteiger partial charge on any atom is 0.433 e. The first-order chi connectivity index (χ1) is 15.9. The van der Waals surface area contributed by atoms with Crippen LogP contribution in [0.25, 0.3) is 33.8 Å². The monoisotopic (exact) mass is 477 g/mol. The lowest BCUT2D eigenvalue weighted by atomic mass is 10.0. The number of hydrogen-bond acceptors (Lipinski definition) is 3. The van der Waals surface area contributed by atoms with Crippen molar-refractivity contribution in [2.75, 3.05) is 0 Å². The molecule has 0 unspecified atom stereocenters. The molecule has 0 aliphatic carbocycles. The van der Waals surface area contributed by atoms with E-state index < -0.39 is 29.6 Å². The van der Waals surface area contributed by atoms with Crippen LogP contribution in [-0.2, 0) is 12.4 Å². The van der Waals surface area contributed by atoms with E-state index in [-0.39, 0.29) is 22.6 Å². The molecule has 0 fully saturated rings. The first-order valence-electron chi connectivity index (χ1n) is 9.78. The summed E-state index contributed by atoms with van der Waals surface area (Å²) in [6.07, 6.45) is -8.72. The molecular weight excluding hydrogens is 463 g/mol. The van der Waals surface area contributed by atoms with Gasteiger partial charge in [0.25, 0.3) is 0 Å². The molecule has 0 saturated heterocycles. The lowest BCUT2D eigenvalue weighted by Gasteiger charge is -2.12. The van der Waals surface area contributed by atoms with Crippen LogP contribution in [0.5, 0.6) is 0 Å². The molecule has 2 aromatic carbocycles. The third-order valence-electron chi connectivity index (χ3n) is 4.86. The summed E-state index contributed by atoms with van der Waals surface area (Å²) in [5, 5.41) is 0. The average Bonchev–Trinajstić information content (AvgIpc) is 2.77. The van der Waals surface area contributed by atoms with Gasteiger partial charge in [0.15, 0.2) is 5.82 Å². The summed E-state index contributed by atoms with van der Waals surface area (Å²) in [6.45, 7) is 1.71. The molecule has 0 radical (unpaired) electrons. The minimum atomic E-state index is -4.83. The number of pyridine rings is 1. The number of nitrogens with zero attached hydrogens (tertiary/aromatic N) is 3. The molecule has 0 N–H and O–H groups in total. The molecule has 0 aliphatic rings. The summed E-state index contributed by atoms with van der Waals surface area (Å²) < 4.78 is 92.8. The quantitative estimate of drug-likeness (QED) is 0.290. The Morgan fingerprint density at radius 1 is 0.647 bits per heavy atom. The van der Waals surface area contributed by atoms with Gasteiger partial charge in [0, 0.05) is 17.3 Å². The van der Waals surface area contributed by atoms with E-state index >= 15 is 0 Å². The van der Waals surface area contributed by atoms with Crippen molar-refractivity contribution < 1.29 is 30.7 Å². The van der Waals surface area contributed by atoms with Crippen molar-refractivity contribution in [1.82, 2.24) is 15.0 Å². The van der Waals surface area contributed by atoms with Crippen LogP contribution in [0, 0.1) is 12.7 Å². The lowest BCUT2D eigenvalue weighted by Crippen LogP contribution is -2.11. The second kappa shape index (κ2) is 8.51. The molecule has 10 heteroatoms. The Morgan fingerprint density at radius 3 is 1.97 bits per heavy atom. The van der Waals surface area contributed by atoms with Gasteiger partial charge in [-0.1, -0.05) is 24.3 Å². The highest BCUT2D eigenvalue weighted by Crippen LogP contribution is 2.34. The smallest absolute Gasteiger partial charge is 0.251 e. The van der Waals surface area contributed by atoms with Crippen LogP contribution >= 0.6 is 0 Å². The Labute approximate surface area is 189 Å². The predicted molar refractivity (Wildman–Crippen MR) is 111 cm³/mol. The normalized spacial score (nSPS) is 12.1. The fraction of sp³-hybridized carbons (Fsp3) is 0.125. The van der Waals surface area contributed by atoms with Gasteiger partial charge in [-0.05, 0) is 60.0 Å². The molecule has 4 rings (SSSR count). The molecule has 3 nitrogen and oxygen atoms in total. The summed E-state index contributed by atoms with van der Waals surface area (Å²) in [4.78, 5) is 11.0. The Hall–Kier alpha value is -3.82.